The summed E-state index contributed by atoms with van der Waals surface area (Å²) in [6.07, 6.45) is 3.17. The predicted molar refractivity (Wildman–Crippen MR) is 74.8 cm³/mol. The largest absolute Gasteiger partial charge is 0.621 e. The lowest BCUT2D eigenvalue weighted by Gasteiger charge is -2.36. The van der Waals surface area contributed by atoms with Gasteiger partial charge in [-0.25, -0.2) is 0 Å². The van der Waals surface area contributed by atoms with Gasteiger partial charge in [-0.05, 0) is 12.1 Å². The zero-order chi connectivity index (χ0) is 12.8. The van der Waals surface area contributed by atoms with Crippen LogP contribution in [0.3, 0.4) is 0 Å². The van der Waals surface area contributed by atoms with Gasteiger partial charge in [-0.2, -0.15) is 4.99 Å². The molecule has 2 heterocycles. The van der Waals surface area contributed by atoms with Crippen LogP contribution in [0.25, 0.3) is 10.9 Å². The molecule has 0 fully saturated rings. The van der Waals surface area contributed by atoms with Gasteiger partial charge in [0.1, 0.15) is 5.69 Å². The van der Waals surface area contributed by atoms with Gasteiger partial charge in [0, 0.05) is 5.92 Å². The van der Waals surface area contributed by atoms with Crippen LogP contribution in [-0.2, 0) is 0 Å². The minimum atomic E-state index is -0.476. The smallest absolute Gasteiger partial charge is 0.196 e. The van der Waals surface area contributed by atoms with Crippen LogP contribution >= 0.6 is 0 Å². The van der Waals surface area contributed by atoms with Crippen molar-refractivity contribution in [3.05, 3.63) is 35.7 Å². The summed E-state index contributed by atoms with van der Waals surface area (Å²) in [7, 11) is 0. The fourth-order valence-corrected chi connectivity index (χ4v) is 2.50. The number of hydroxylamine groups is 2. The van der Waals surface area contributed by atoms with E-state index < -0.39 is 4.65 Å². The zero-order valence-electron chi connectivity index (χ0n) is 10.5. The van der Waals surface area contributed by atoms with E-state index in [0.29, 0.717) is 18.2 Å². The van der Waals surface area contributed by atoms with Gasteiger partial charge >= 0.3 is 0 Å². The number of aromatic nitrogens is 1. The average Bonchev–Trinajstić information content (AvgIpc) is 2.66. The van der Waals surface area contributed by atoms with E-state index in [2.05, 4.69) is 9.98 Å². The SMILES string of the molecule is CC(C)C[N+]1([O-])C=Nc2cnc3ccccc3c21. The van der Waals surface area contributed by atoms with Crippen molar-refractivity contribution in [3.63, 3.8) is 0 Å². The second-order valence-electron chi connectivity index (χ2n) is 5.13. The Hall–Kier alpha value is -1.78. The van der Waals surface area contributed by atoms with Gasteiger partial charge < -0.3 is 5.21 Å². The molecule has 1 atom stereocenters. The van der Waals surface area contributed by atoms with Crippen LogP contribution in [0.1, 0.15) is 13.8 Å². The molecule has 3 rings (SSSR count). The Balaban J connectivity index is 2.24. The fourth-order valence-electron chi connectivity index (χ4n) is 2.50. The second-order valence-corrected chi connectivity index (χ2v) is 5.13. The van der Waals surface area contributed by atoms with Crippen molar-refractivity contribution in [3.8, 4) is 0 Å². The summed E-state index contributed by atoms with van der Waals surface area (Å²) in [4.78, 5) is 8.56. The molecular weight excluding hydrogens is 226 g/mol. The van der Waals surface area contributed by atoms with Gasteiger partial charge in [0.05, 0.1) is 23.6 Å². The third-order valence-electron chi connectivity index (χ3n) is 3.13. The molecule has 18 heavy (non-hydrogen) atoms. The van der Waals surface area contributed by atoms with Gasteiger partial charge in [-0.15, -0.1) is 0 Å². The molecule has 0 saturated heterocycles. The number of aliphatic imine (C=N–C) groups is 1. The Bertz CT molecular complexity index is 636. The molecule has 1 aliphatic rings. The van der Waals surface area contributed by atoms with Crippen LogP contribution in [0.15, 0.2) is 35.5 Å². The first-order chi connectivity index (χ1) is 8.60. The number of benzene rings is 1. The molecule has 0 radical (unpaired) electrons. The standard InChI is InChI=1S/C14H15N3O/c1-10(2)8-17(18)9-16-13-7-15-12-6-4-3-5-11(12)14(13)17/h3-7,9-10H,8H2,1-2H3. The number of fused-ring (bicyclic) bond motifs is 3. The molecule has 1 aliphatic heterocycles. The van der Waals surface area contributed by atoms with Crippen LogP contribution in [0.5, 0.6) is 0 Å². The summed E-state index contributed by atoms with van der Waals surface area (Å²) in [6.45, 7) is 4.60. The molecule has 0 saturated carbocycles. The molecule has 0 aliphatic carbocycles. The fraction of sp³-hybridized carbons (Fsp3) is 0.286. The van der Waals surface area contributed by atoms with E-state index in [0.717, 1.165) is 16.6 Å². The molecule has 1 aromatic heterocycles. The van der Waals surface area contributed by atoms with Gasteiger partial charge in [0.25, 0.3) is 0 Å². The van der Waals surface area contributed by atoms with Gasteiger partial charge in [-0.1, -0.05) is 26.0 Å². The van der Waals surface area contributed by atoms with Crippen molar-refractivity contribution in [1.82, 2.24) is 9.63 Å². The molecule has 92 valence electrons. The Morgan fingerprint density at radius 2 is 2.06 bits per heavy atom. The minimum Gasteiger partial charge on any atom is -0.621 e. The summed E-state index contributed by atoms with van der Waals surface area (Å²) < 4.78 is -0.476. The molecule has 4 heteroatoms. The zero-order valence-corrected chi connectivity index (χ0v) is 10.5. The molecule has 2 aromatic rings. The Kier molecular flexibility index (Phi) is 2.43. The summed E-state index contributed by atoms with van der Waals surface area (Å²) in [5, 5.41) is 13.8. The lowest BCUT2D eigenvalue weighted by atomic mass is 10.1. The summed E-state index contributed by atoms with van der Waals surface area (Å²) in [5.74, 6) is 0.312. The maximum Gasteiger partial charge on any atom is 0.196 e. The Labute approximate surface area is 106 Å². The average molecular weight is 241 g/mol. The third kappa shape index (κ3) is 1.62. The van der Waals surface area contributed by atoms with Gasteiger partial charge in [0.15, 0.2) is 12.0 Å². The van der Waals surface area contributed by atoms with E-state index in [1.807, 2.05) is 38.1 Å². The predicted octanol–water partition coefficient (Wildman–Crippen LogP) is 3.37. The first-order valence-corrected chi connectivity index (χ1v) is 6.12. The Morgan fingerprint density at radius 1 is 1.28 bits per heavy atom. The van der Waals surface area contributed by atoms with Gasteiger partial charge in [0.2, 0.25) is 0 Å². The maximum absolute atomic E-state index is 12.9. The molecule has 0 N–H and O–H groups in total. The number of pyridine rings is 1. The molecule has 1 unspecified atom stereocenters. The molecule has 1 aromatic carbocycles. The number of hydrogen-bond acceptors (Lipinski definition) is 3. The molecule has 0 amide bonds. The molecule has 0 bridgehead atoms. The van der Waals surface area contributed by atoms with E-state index in [4.69, 9.17) is 0 Å². The highest BCUT2D eigenvalue weighted by Crippen LogP contribution is 2.42. The van der Waals surface area contributed by atoms with E-state index in [1.54, 1.807) is 6.20 Å². The summed E-state index contributed by atoms with van der Waals surface area (Å²) in [6, 6.07) is 7.73. The third-order valence-corrected chi connectivity index (χ3v) is 3.13. The van der Waals surface area contributed by atoms with Crippen LogP contribution < -0.4 is 4.65 Å². The number of hydrogen-bond donors (Lipinski definition) is 0. The normalized spacial score (nSPS) is 21.8. The van der Waals surface area contributed by atoms with Crippen molar-refractivity contribution in [2.45, 2.75) is 13.8 Å². The van der Waals surface area contributed by atoms with Crippen molar-refractivity contribution in [1.29, 1.82) is 0 Å². The second kappa shape index (κ2) is 3.86. The number of quaternary nitrogens is 1. The summed E-state index contributed by atoms with van der Waals surface area (Å²) in [5.41, 5.74) is 2.28. The Morgan fingerprint density at radius 3 is 2.83 bits per heavy atom. The molecular formula is C14H15N3O. The van der Waals surface area contributed by atoms with Crippen LogP contribution in [0.2, 0.25) is 0 Å². The first kappa shape index (κ1) is 11.3. The topological polar surface area (TPSA) is 48.3 Å². The lowest BCUT2D eigenvalue weighted by Crippen LogP contribution is -2.42. The van der Waals surface area contributed by atoms with Crippen molar-refractivity contribution < 1.29 is 0 Å². The van der Waals surface area contributed by atoms with E-state index in [9.17, 15) is 5.21 Å². The van der Waals surface area contributed by atoms with Gasteiger partial charge in [-0.3, -0.25) is 9.63 Å². The van der Waals surface area contributed by atoms with E-state index in [1.165, 1.54) is 6.34 Å². The maximum atomic E-state index is 12.9. The number of rotatable bonds is 2. The van der Waals surface area contributed by atoms with Crippen molar-refractivity contribution >= 4 is 28.6 Å². The van der Waals surface area contributed by atoms with Crippen LogP contribution in [0.4, 0.5) is 11.4 Å². The summed E-state index contributed by atoms with van der Waals surface area (Å²) >= 11 is 0. The van der Waals surface area contributed by atoms with E-state index in [-0.39, 0.29) is 0 Å². The number of para-hydroxylation sites is 1. The minimum absolute atomic E-state index is 0.312. The molecule has 0 spiro atoms. The highest BCUT2D eigenvalue weighted by Gasteiger charge is 2.31. The number of nitrogens with zero attached hydrogens (tertiary/aromatic N) is 3. The van der Waals surface area contributed by atoms with Crippen molar-refractivity contribution in [2.24, 2.45) is 10.9 Å². The highest BCUT2D eigenvalue weighted by atomic mass is 16.5. The van der Waals surface area contributed by atoms with Crippen molar-refractivity contribution in [2.75, 3.05) is 6.54 Å². The van der Waals surface area contributed by atoms with E-state index >= 15 is 0 Å². The quantitative estimate of drug-likeness (QED) is 0.597. The van der Waals surface area contributed by atoms with Crippen LogP contribution in [-0.4, -0.2) is 17.9 Å². The lowest BCUT2D eigenvalue weighted by molar-refractivity contribution is 0.467. The molecule has 4 nitrogen and oxygen atoms in total. The highest BCUT2D eigenvalue weighted by molar-refractivity contribution is 6.04. The van der Waals surface area contributed by atoms with Crippen LogP contribution in [0, 0.1) is 11.1 Å². The first-order valence-electron chi connectivity index (χ1n) is 6.12. The monoisotopic (exact) mass is 241 g/mol.